The molecule has 25 heavy (non-hydrogen) atoms. The van der Waals surface area contributed by atoms with Crippen LogP contribution >= 0.6 is 11.3 Å². The molecular formula is C18H19F3N2OS. The van der Waals surface area contributed by atoms with Crippen LogP contribution in [0.25, 0.3) is 0 Å². The predicted molar refractivity (Wildman–Crippen MR) is 90.5 cm³/mol. The Bertz CT molecular complexity index is 715. The Balaban J connectivity index is 1.62. The van der Waals surface area contributed by atoms with Gasteiger partial charge in [-0.2, -0.15) is 13.2 Å². The average molecular weight is 368 g/mol. The zero-order chi connectivity index (χ0) is 17.9. The topological polar surface area (TPSA) is 33.2 Å². The summed E-state index contributed by atoms with van der Waals surface area (Å²) in [5.41, 5.74) is 1.86. The molecule has 1 fully saturated rings. The molecule has 1 aromatic carbocycles. The Labute approximate surface area is 148 Å². The lowest BCUT2D eigenvalue weighted by Crippen LogP contribution is -2.40. The predicted octanol–water partition coefficient (Wildman–Crippen LogP) is 4.65. The van der Waals surface area contributed by atoms with Crippen LogP contribution in [0.4, 0.5) is 13.2 Å². The maximum Gasteiger partial charge on any atom is 0.416 e. The molecule has 7 heteroatoms. The Morgan fingerprint density at radius 1 is 1.32 bits per heavy atom. The van der Waals surface area contributed by atoms with E-state index in [0.717, 1.165) is 18.9 Å². The van der Waals surface area contributed by atoms with Gasteiger partial charge >= 0.3 is 6.18 Å². The van der Waals surface area contributed by atoms with Crippen molar-refractivity contribution in [2.24, 2.45) is 5.92 Å². The number of carbonyl (C=O) groups is 1. The van der Waals surface area contributed by atoms with Crippen molar-refractivity contribution in [2.75, 3.05) is 13.1 Å². The first kappa shape index (κ1) is 17.9. The van der Waals surface area contributed by atoms with Crippen LogP contribution in [0.3, 0.4) is 0 Å². The molecule has 0 bridgehead atoms. The lowest BCUT2D eigenvalue weighted by molar-refractivity contribution is -0.138. The SMILES string of the molecule is O=C(c1cscn1)N1CCC[C@H](CCc2ccccc2C(F)(F)F)C1. The highest BCUT2D eigenvalue weighted by Gasteiger charge is 2.33. The van der Waals surface area contributed by atoms with Crippen molar-refractivity contribution in [2.45, 2.75) is 31.9 Å². The third-order valence-electron chi connectivity index (χ3n) is 4.60. The third-order valence-corrected chi connectivity index (χ3v) is 5.19. The van der Waals surface area contributed by atoms with Gasteiger partial charge in [-0.3, -0.25) is 4.79 Å². The fraction of sp³-hybridized carbons (Fsp3) is 0.444. The summed E-state index contributed by atoms with van der Waals surface area (Å²) in [7, 11) is 0. The van der Waals surface area contributed by atoms with Gasteiger partial charge in [-0.15, -0.1) is 11.3 Å². The summed E-state index contributed by atoms with van der Waals surface area (Å²) in [5.74, 6) is 0.138. The molecule has 0 radical (unpaired) electrons. The van der Waals surface area contributed by atoms with E-state index in [1.165, 1.54) is 17.4 Å². The van der Waals surface area contributed by atoms with Crippen LogP contribution in [-0.4, -0.2) is 28.9 Å². The monoisotopic (exact) mass is 368 g/mol. The molecule has 3 rings (SSSR count). The molecule has 0 spiro atoms. The van der Waals surface area contributed by atoms with Crippen molar-refractivity contribution < 1.29 is 18.0 Å². The number of hydrogen-bond donors (Lipinski definition) is 0. The number of alkyl halides is 3. The van der Waals surface area contributed by atoms with Gasteiger partial charge in [-0.05, 0) is 43.2 Å². The summed E-state index contributed by atoms with van der Waals surface area (Å²) in [6, 6.07) is 5.74. The van der Waals surface area contributed by atoms with Crippen LogP contribution in [0, 0.1) is 5.92 Å². The van der Waals surface area contributed by atoms with Crippen LogP contribution in [0.5, 0.6) is 0 Å². The molecule has 3 nitrogen and oxygen atoms in total. The number of carbonyl (C=O) groups excluding carboxylic acids is 1. The van der Waals surface area contributed by atoms with Gasteiger partial charge in [0.25, 0.3) is 5.91 Å². The van der Waals surface area contributed by atoms with Gasteiger partial charge < -0.3 is 4.90 Å². The van der Waals surface area contributed by atoms with Crippen LogP contribution in [0.2, 0.25) is 0 Å². The molecule has 1 atom stereocenters. The van der Waals surface area contributed by atoms with E-state index >= 15 is 0 Å². The molecule has 134 valence electrons. The first-order valence-corrected chi connectivity index (χ1v) is 9.22. The highest BCUT2D eigenvalue weighted by atomic mass is 32.1. The highest BCUT2D eigenvalue weighted by molar-refractivity contribution is 7.07. The minimum Gasteiger partial charge on any atom is -0.337 e. The second kappa shape index (κ2) is 7.56. The van der Waals surface area contributed by atoms with Crippen LogP contribution < -0.4 is 0 Å². The maximum atomic E-state index is 13.1. The second-order valence-corrected chi connectivity index (χ2v) is 7.05. The largest absolute Gasteiger partial charge is 0.416 e. The van der Waals surface area contributed by atoms with Gasteiger partial charge in [0.05, 0.1) is 11.1 Å². The smallest absolute Gasteiger partial charge is 0.337 e. The summed E-state index contributed by atoms with van der Waals surface area (Å²) in [6.07, 6.45) is -1.49. The van der Waals surface area contributed by atoms with Gasteiger partial charge in [-0.1, -0.05) is 18.2 Å². The van der Waals surface area contributed by atoms with Gasteiger partial charge in [0.15, 0.2) is 0 Å². The molecule has 2 aromatic rings. The Hall–Kier alpha value is -1.89. The van der Waals surface area contributed by atoms with E-state index in [1.807, 2.05) is 0 Å². The number of aryl methyl sites for hydroxylation is 1. The lowest BCUT2D eigenvalue weighted by atomic mass is 9.90. The molecule has 0 N–H and O–H groups in total. The molecule has 1 aliphatic rings. The second-order valence-electron chi connectivity index (χ2n) is 6.33. The summed E-state index contributed by atoms with van der Waals surface area (Å²) >= 11 is 1.38. The van der Waals surface area contributed by atoms with Crippen LogP contribution in [0.1, 0.15) is 40.9 Å². The van der Waals surface area contributed by atoms with E-state index < -0.39 is 11.7 Å². The molecule has 0 saturated carbocycles. The molecule has 1 saturated heterocycles. The van der Waals surface area contributed by atoms with Crippen molar-refractivity contribution in [3.63, 3.8) is 0 Å². The average Bonchev–Trinajstić information content (AvgIpc) is 3.13. The van der Waals surface area contributed by atoms with Gasteiger partial charge in [-0.25, -0.2) is 4.98 Å². The van der Waals surface area contributed by atoms with Crippen LogP contribution in [0.15, 0.2) is 35.2 Å². The molecule has 1 amide bonds. The normalized spacial score (nSPS) is 18.4. The molecule has 1 aliphatic heterocycles. The number of rotatable bonds is 4. The van der Waals surface area contributed by atoms with Crippen LogP contribution in [-0.2, 0) is 12.6 Å². The molecule has 0 unspecified atom stereocenters. The Morgan fingerprint density at radius 2 is 2.12 bits per heavy atom. The number of benzene rings is 1. The standard InChI is InChI=1S/C18H19F3N2OS/c19-18(20,21)15-6-2-1-5-14(15)8-7-13-4-3-9-23(10-13)17(24)16-11-25-12-22-16/h1-2,5-6,11-13H,3-4,7-10H2/t13-/m1/s1. The van der Waals surface area contributed by atoms with E-state index in [2.05, 4.69) is 4.98 Å². The summed E-state index contributed by atoms with van der Waals surface area (Å²) in [6.45, 7) is 1.27. The summed E-state index contributed by atoms with van der Waals surface area (Å²) in [4.78, 5) is 18.2. The minimum atomic E-state index is -4.32. The van der Waals surface area contributed by atoms with Crippen molar-refractivity contribution in [3.05, 3.63) is 52.0 Å². The third kappa shape index (κ3) is 4.39. The van der Waals surface area contributed by atoms with E-state index in [1.54, 1.807) is 27.9 Å². The minimum absolute atomic E-state index is 0.0818. The number of amides is 1. The summed E-state index contributed by atoms with van der Waals surface area (Å²) < 4.78 is 39.2. The molecule has 2 heterocycles. The van der Waals surface area contributed by atoms with E-state index in [4.69, 9.17) is 0 Å². The van der Waals surface area contributed by atoms with Gasteiger partial charge in [0, 0.05) is 18.5 Å². The Kier molecular flexibility index (Phi) is 5.42. The molecular weight excluding hydrogens is 349 g/mol. The number of thiazole rings is 1. The fourth-order valence-corrected chi connectivity index (χ4v) is 3.87. The van der Waals surface area contributed by atoms with Crippen molar-refractivity contribution in [1.29, 1.82) is 0 Å². The van der Waals surface area contributed by atoms with Crippen molar-refractivity contribution in [3.8, 4) is 0 Å². The van der Waals surface area contributed by atoms with E-state index in [9.17, 15) is 18.0 Å². The quantitative estimate of drug-likeness (QED) is 0.787. The number of aromatic nitrogens is 1. The number of nitrogens with zero attached hydrogens (tertiary/aromatic N) is 2. The fourth-order valence-electron chi connectivity index (χ4n) is 3.34. The van der Waals surface area contributed by atoms with Gasteiger partial charge in [0.2, 0.25) is 0 Å². The highest BCUT2D eigenvalue weighted by Crippen LogP contribution is 2.33. The maximum absolute atomic E-state index is 13.1. The van der Waals surface area contributed by atoms with E-state index in [-0.39, 0.29) is 11.8 Å². The van der Waals surface area contributed by atoms with E-state index in [0.29, 0.717) is 37.2 Å². The van der Waals surface area contributed by atoms with Crippen molar-refractivity contribution in [1.82, 2.24) is 9.88 Å². The number of hydrogen-bond acceptors (Lipinski definition) is 3. The number of piperidine rings is 1. The molecule has 0 aliphatic carbocycles. The Morgan fingerprint density at radius 3 is 2.84 bits per heavy atom. The lowest BCUT2D eigenvalue weighted by Gasteiger charge is -2.32. The number of likely N-dealkylation sites (tertiary alicyclic amines) is 1. The summed E-state index contributed by atoms with van der Waals surface area (Å²) in [5, 5.41) is 1.73. The number of halogens is 3. The van der Waals surface area contributed by atoms with Crippen molar-refractivity contribution >= 4 is 17.2 Å². The first-order valence-electron chi connectivity index (χ1n) is 8.27. The zero-order valence-corrected chi connectivity index (χ0v) is 14.4. The first-order chi connectivity index (χ1) is 11.9. The molecule has 1 aromatic heterocycles. The van der Waals surface area contributed by atoms with Gasteiger partial charge in [0.1, 0.15) is 5.69 Å². The zero-order valence-electron chi connectivity index (χ0n) is 13.6.